The summed E-state index contributed by atoms with van der Waals surface area (Å²) < 4.78 is 5.35. The third-order valence-electron chi connectivity index (χ3n) is 3.38. The molecule has 1 fully saturated rings. The number of methoxy groups -OCH3 is 1. The molecule has 1 saturated carbocycles. The molecule has 0 atom stereocenters. The molecular formula is C13H17BrO. The van der Waals surface area contributed by atoms with E-state index in [0.717, 1.165) is 17.5 Å². The van der Waals surface area contributed by atoms with Gasteiger partial charge in [0, 0.05) is 10.7 Å². The predicted octanol–water partition coefficient (Wildman–Crippen LogP) is 3.68. The lowest BCUT2D eigenvalue weighted by molar-refractivity contribution is 0.410. The number of aryl methyl sites for hydroxylation is 1. The first kappa shape index (κ1) is 11.0. The lowest BCUT2D eigenvalue weighted by atomic mass is 9.95. The third-order valence-corrected chi connectivity index (χ3v) is 4.46. The molecule has 0 unspecified atom stereocenters. The van der Waals surface area contributed by atoms with E-state index in [0.29, 0.717) is 5.41 Å². The first-order valence-corrected chi connectivity index (χ1v) is 6.61. The SMILES string of the molecule is CCc1cc(C2(CBr)CC2)ccc1OC. The number of ether oxygens (including phenoxy) is 1. The van der Waals surface area contributed by atoms with Crippen LogP contribution < -0.4 is 4.74 Å². The summed E-state index contributed by atoms with van der Waals surface area (Å²) in [7, 11) is 1.74. The molecule has 0 N–H and O–H groups in total. The van der Waals surface area contributed by atoms with Crippen LogP contribution >= 0.6 is 15.9 Å². The fourth-order valence-electron chi connectivity index (χ4n) is 2.04. The molecule has 82 valence electrons. The fourth-order valence-corrected chi connectivity index (χ4v) is 2.92. The molecule has 0 amide bonds. The zero-order chi connectivity index (χ0) is 10.9. The standard InChI is InChI=1S/C13H17BrO/c1-3-10-8-11(4-5-12(10)15-2)13(9-14)6-7-13/h4-5,8H,3,6-7,9H2,1-2H3. The van der Waals surface area contributed by atoms with Gasteiger partial charge in [0.25, 0.3) is 0 Å². The van der Waals surface area contributed by atoms with Crippen molar-refractivity contribution >= 4 is 15.9 Å². The van der Waals surface area contributed by atoms with Gasteiger partial charge < -0.3 is 4.74 Å². The number of halogens is 1. The summed E-state index contributed by atoms with van der Waals surface area (Å²) in [5, 5.41) is 1.08. The maximum absolute atomic E-state index is 5.35. The summed E-state index contributed by atoms with van der Waals surface area (Å²) in [4.78, 5) is 0. The van der Waals surface area contributed by atoms with Crippen LogP contribution in [-0.4, -0.2) is 12.4 Å². The molecule has 0 heterocycles. The minimum Gasteiger partial charge on any atom is -0.496 e. The van der Waals surface area contributed by atoms with Crippen molar-refractivity contribution in [3.05, 3.63) is 29.3 Å². The Bertz CT molecular complexity index is 356. The maximum atomic E-state index is 5.35. The van der Waals surface area contributed by atoms with Crippen LogP contribution in [0.25, 0.3) is 0 Å². The molecule has 0 bridgehead atoms. The average molecular weight is 269 g/mol. The molecule has 1 nitrogen and oxygen atoms in total. The van der Waals surface area contributed by atoms with E-state index in [1.54, 1.807) is 7.11 Å². The highest BCUT2D eigenvalue weighted by atomic mass is 79.9. The molecule has 15 heavy (non-hydrogen) atoms. The van der Waals surface area contributed by atoms with Gasteiger partial charge in [-0.25, -0.2) is 0 Å². The topological polar surface area (TPSA) is 9.23 Å². The van der Waals surface area contributed by atoms with Crippen LogP contribution in [0.3, 0.4) is 0 Å². The van der Waals surface area contributed by atoms with Gasteiger partial charge in [0.05, 0.1) is 7.11 Å². The summed E-state index contributed by atoms with van der Waals surface area (Å²) in [6.45, 7) is 2.18. The monoisotopic (exact) mass is 268 g/mol. The van der Waals surface area contributed by atoms with E-state index in [4.69, 9.17) is 4.74 Å². The molecule has 1 aliphatic rings. The molecule has 1 aliphatic carbocycles. The molecule has 2 rings (SSSR count). The minimum absolute atomic E-state index is 0.427. The Hall–Kier alpha value is -0.500. The van der Waals surface area contributed by atoms with E-state index < -0.39 is 0 Å². The van der Waals surface area contributed by atoms with Crippen molar-refractivity contribution in [2.75, 3.05) is 12.4 Å². The molecule has 0 aromatic heterocycles. The molecule has 0 saturated heterocycles. The van der Waals surface area contributed by atoms with Crippen LogP contribution in [-0.2, 0) is 11.8 Å². The minimum atomic E-state index is 0.427. The Labute approximate surface area is 100.0 Å². The lowest BCUT2D eigenvalue weighted by Gasteiger charge is -2.15. The Morgan fingerprint density at radius 2 is 2.13 bits per heavy atom. The Morgan fingerprint density at radius 1 is 1.40 bits per heavy atom. The normalized spacial score (nSPS) is 17.5. The van der Waals surface area contributed by atoms with E-state index in [2.05, 4.69) is 41.1 Å². The van der Waals surface area contributed by atoms with Crippen molar-refractivity contribution in [3.63, 3.8) is 0 Å². The van der Waals surface area contributed by atoms with Crippen molar-refractivity contribution in [1.29, 1.82) is 0 Å². The van der Waals surface area contributed by atoms with Gasteiger partial charge in [-0.15, -0.1) is 0 Å². The van der Waals surface area contributed by atoms with Crippen LogP contribution in [0.4, 0.5) is 0 Å². The van der Waals surface area contributed by atoms with Gasteiger partial charge in [-0.3, -0.25) is 0 Å². The van der Waals surface area contributed by atoms with E-state index in [9.17, 15) is 0 Å². The van der Waals surface area contributed by atoms with Gasteiger partial charge in [-0.05, 0) is 36.5 Å². The first-order valence-electron chi connectivity index (χ1n) is 5.49. The van der Waals surface area contributed by atoms with Crippen LogP contribution in [0.1, 0.15) is 30.9 Å². The second-order valence-electron chi connectivity index (χ2n) is 4.29. The van der Waals surface area contributed by atoms with Crippen LogP contribution in [0.2, 0.25) is 0 Å². The van der Waals surface area contributed by atoms with Gasteiger partial charge in [0.2, 0.25) is 0 Å². The van der Waals surface area contributed by atoms with Crippen molar-refractivity contribution < 1.29 is 4.74 Å². The van der Waals surface area contributed by atoms with Crippen LogP contribution in [0.5, 0.6) is 5.75 Å². The summed E-state index contributed by atoms with van der Waals surface area (Å²) in [5.74, 6) is 1.02. The molecule has 0 spiro atoms. The van der Waals surface area contributed by atoms with Crippen molar-refractivity contribution in [1.82, 2.24) is 0 Å². The second kappa shape index (κ2) is 4.17. The summed E-state index contributed by atoms with van der Waals surface area (Å²) in [5.41, 5.74) is 3.22. The highest BCUT2D eigenvalue weighted by molar-refractivity contribution is 9.09. The molecule has 2 heteroatoms. The molecule has 0 radical (unpaired) electrons. The van der Waals surface area contributed by atoms with Crippen molar-refractivity contribution in [3.8, 4) is 5.75 Å². The highest BCUT2D eigenvalue weighted by Crippen LogP contribution is 2.50. The summed E-state index contributed by atoms with van der Waals surface area (Å²) in [6.07, 6.45) is 3.66. The largest absolute Gasteiger partial charge is 0.496 e. The average Bonchev–Trinajstić information content (AvgIpc) is 3.09. The zero-order valence-corrected chi connectivity index (χ0v) is 10.9. The quantitative estimate of drug-likeness (QED) is 0.757. The first-order chi connectivity index (χ1) is 7.25. The lowest BCUT2D eigenvalue weighted by Crippen LogP contribution is -2.08. The van der Waals surface area contributed by atoms with Gasteiger partial charge in [0.1, 0.15) is 5.75 Å². The Balaban J connectivity index is 2.35. The zero-order valence-electron chi connectivity index (χ0n) is 9.35. The summed E-state index contributed by atoms with van der Waals surface area (Å²) in [6, 6.07) is 6.64. The van der Waals surface area contributed by atoms with Crippen molar-refractivity contribution in [2.45, 2.75) is 31.6 Å². The van der Waals surface area contributed by atoms with E-state index in [1.165, 1.54) is 24.0 Å². The predicted molar refractivity (Wildman–Crippen MR) is 67.1 cm³/mol. The number of hydrogen-bond acceptors (Lipinski definition) is 1. The Kier molecular flexibility index (Phi) is 3.06. The van der Waals surface area contributed by atoms with Crippen LogP contribution in [0.15, 0.2) is 18.2 Å². The number of rotatable bonds is 4. The van der Waals surface area contributed by atoms with Gasteiger partial charge in [0.15, 0.2) is 0 Å². The van der Waals surface area contributed by atoms with E-state index in [-0.39, 0.29) is 0 Å². The summed E-state index contributed by atoms with van der Waals surface area (Å²) >= 11 is 3.62. The smallest absolute Gasteiger partial charge is 0.122 e. The number of hydrogen-bond donors (Lipinski definition) is 0. The molecule has 1 aromatic rings. The van der Waals surface area contributed by atoms with Gasteiger partial charge in [-0.1, -0.05) is 35.0 Å². The molecule has 0 aliphatic heterocycles. The fraction of sp³-hybridized carbons (Fsp3) is 0.538. The molecule has 1 aromatic carbocycles. The number of alkyl halides is 1. The second-order valence-corrected chi connectivity index (χ2v) is 4.85. The van der Waals surface area contributed by atoms with E-state index in [1.807, 2.05) is 0 Å². The van der Waals surface area contributed by atoms with Crippen LogP contribution in [0, 0.1) is 0 Å². The number of benzene rings is 1. The Morgan fingerprint density at radius 3 is 2.60 bits per heavy atom. The van der Waals surface area contributed by atoms with Gasteiger partial charge in [-0.2, -0.15) is 0 Å². The van der Waals surface area contributed by atoms with Gasteiger partial charge >= 0.3 is 0 Å². The third kappa shape index (κ3) is 1.92. The molecular weight excluding hydrogens is 252 g/mol. The maximum Gasteiger partial charge on any atom is 0.122 e. The van der Waals surface area contributed by atoms with E-state index >= 15 is 0 Å². The van der Waals surface area contributed by atoms with Crippen molar-refractivity contribution in [2.24, 2.45) is 0 Å². The highest BCUT2D eigenvalue weighted by Gasteiger charge is 2.43.